The molecular formula is H8Na2O5. The van der Waals surface area contributed by atoms with Gasteiger partial charge in [-0.2, -0.15) is 0 Å². The summed E-state index contributed by atoms with van der Waals surface area (Å²) in [5, 5.41) is 0. The first kappa shape index (κ1) is 165. The predicted octanol–water partition coefficient (Wildman–Crippen LogP) is -8.82. The van der Waals surface area contributed by atoms with Crippen molar-refractivity contribution in [3.8, 4) is 0 Å². The largest absolute Gasteiger partial charge is 1.00 e. The van der Waals surface area contributed by atoms with Gasteiger partial charge in [-0.25, -0.2) is 0 Å². The maximum absolute atomic E-state index is 0. The number of hydrogen-bond acceptors (Lipinski definition) is 2. The molecule has 7 heteroatoms. The summed E-state index contributed by atoms with van der Waals surface area (Å²) in [4.78, 5) is 0. The van der Waals surface area contributed by atoms with E-state index in [1.807, 2.05) is 0 Å². The molecule has 0 aromatic carbocycles. The molecule has 0 heterocycles. The molecular weight excluding hydrogens is 126 g/mol. The van der Waals surface area contributed by atoms with Crippen molar-refractivity contribution >= 4 is 0 Å². The van der Waals surface area contributed by atoms with E-state index in [9.17, 15) is 0 Å². The zero-order valence-electron chi connectivity index (χ0n) is 4.39. The average Bonchev–Trinajstić information content (AvgIpc) is 0. The van der Waals surface area contributed by atoms with Crippen LogP contribution < -0.4 is 59.1 Å². The summed E-state index contributed by atoms with van der Waals surface area (Å²) >= 11 is 0. The van der Waals surface area contributed by atoms with Crippen LogP contribution in [0.3, 0.4) is 0 Å². The summed E-state index contributed by atoms with van der Waals surface area (Å²) < 4.78 is 0. The van der Waals surface area contributed by atoms with E-state index in [0.29, 0.717) is 0 Å². The second-order valence-corrected chi connectivity index (χ2v) is 0. The third kappa shape index (κ3) is 81.0. The fourth-order valence-electron chi connectivity index (χ4n) is 0. The molecule has 5 nitrogen and oxygen atoms in total. The van der Waals surface area contributed by atoms with E-state index in [4.69, 9.17) is 0 Å². The first-order valence-corrected chi connectivity index (χ1v) is 0. The van der Waals surface area contributed by atoms with Gasteiger partial charge in [0.25, 0.3) is 0 Å². The van der Waals surface area contributed by atoms with Crippen LogP contribution in [0.2, 0.25) is 0 Å². The maximum atomic E-state index is 0. The van der Waals surface area contributed by atoms with Crippen molar-refractivity contribution in [2.24, 2.45) is 0 Å². The predicted molar refractivity (Wildman–Crippen MR) is 14.7 cm³/mol. The molecule has 0 radical (unpaired) electrons. The molecule has 0 bridgehead atoms. The molecule has 0 aliphatic heterocycles. The smallest absolute Gasteiger partial charge is 0.870 e. The van der Waals surface area contributed by atoms with E-state index in [2.05, 4.69) is 0 Å². The van der Waals surface area contributed by atoms with E-state index < -0.39 is 0 Å². The second-order valence-electron chi connectivity index (χ2n) is 0. The summed E-state index contributed by atoms with van der Waals surface area (Å²) in [6.45, 7) is 0. The molecule has 7 heavy (non-hydrogen) atoms. The minimum Gasteiger partial charge on any atom is -0.870 e. The van der Waals surface area contributed by atoms with E-state index in [1.165, 1.54) is 0 Å². The van der Waals surface area contributed by atoms with Crippen LogP contribution in [0.5, 0.6) is 0 Å². The molecule has 0 aromatic heterocycles. The Kier molecular flexibility index (Phi) is 2630. The molecule has 0 rings (SSSR count). The van der Waals surface area contributed by atoms with Crippen LogP contribution in [-0.4, -0.2) is 27.4 Å². The van der Waals surface area contributed by atoms with Crippen molar-refractivity contribution in [1.82, 2.24) is 0 Å². The molecule has 0 aliphatic carbocycles. The summed E-state index contributed by atoms with van der Waals surface area (Å²) in [5.74, 6) is 0. The zero-order chi connectivity index (χ0) is 0. The van der Waals surface area contributed by atoms with Crippen LogP contribution >= 0.6 is 0 Å². The Hall–Kier alpha value is 1.80. The van der Waals surface area contributed by atoms with Crippen molar-refractivity contribution < 1.29 is 86.5 Å². The minimum atomic E-state index is 0. The van der Waals surface area contributed by atoms with Crippen molar-refractivity contribution in [1.29, 1.82) is 0 Å². The van der Waals surface area contributed by atoms with Gasteiger partial charge in [-0.1, -0.05) is 0 Å². The Morgan fingerprint density at radius 1 is 0.429 bits per heavy atom. The standard InChI is InChI=1S/2Na.5H2O/h;;5*1H2/q2*+1;;;;;/p-2. The summed E-state index contributed by atoms with van der Waals surface area (Å²) in [6, 6.07) is 0. The van der Waals surface area contributed by atoms with Crippen LogP contribution in [0.1, 0.15) is 0 Å². The average molecular weight is 134 g/mol. The van der Waals surface area contributed by atoms with Crippen LogP contribution in [-0.2, 0) is 0 Å². The molecule has 0 spiro atoms. The van der Waals surface area contributed by atoms with Gasteiger partial charge in [-0.05, 0) is 0 Å². The van der Waals surface area contributed by atoms with E-state index >= 15 is 0 Å². The van der Waals surface area contributed by atoms with E-state index in [-0.39, 0.29) is 86.5 Å². The fraction of sp³-hybridized carbons (Fsp3) is 0. The van der Waals surface area contributed by atoms with Gasteiger partial charge in [0.15, 0.2) is 0 Å². The van der Waals surface area contributed by atoms with Gasteiger partial charge in [-0.3, -0.25) is 0 Å². The zero-order valence-corrected chi connectivity index (χ0v) is 8.39. The quantitative estimate of drug-likeness (QED) is 0.301. The Labute approximate surface area is 85.6 Å². The van der Waals surface area contributed by atoms with Crippen LogP contribution in [0.25, 0.3) is 0 Å². The van der Waals surface area contributed by atoms with Crippen molar-refractivity contribution in [3.05, 3.63) is 0 Å². The molecule has 40 valence electrons. The minimum absolute atomic E-state index is 0. The normalized spacial score (nSPS) is 0. The monoisotopic (exact) mass is 134 g/mol. The molecule has 0 aromatic rings. The summed E-state index contributed by atoms with van der Waals surface area (Å²) in [5.41, 5.74) is 0. The molecule has 0 aliphatic rings. The van der Waals surface area contributed by atoms with Gasteiger partial charge < -0.3 is 27.4 Å². The molecule has 0 fully saturated rings. The van der Waals surface area contributed by atoms with Gasteiger partial charge in [-0.15, -0.1) is 0 Å². The number of hydrogen-bond donors (Lipinski definition) is 0. The summed E-state index contributed by atoms with van der Waals surface area (Å²) in [6.07, 6.45) is 0. The van der Waals surface area contributed by atoms with Crippen LogP contribution in [0.4, 0.5) is 0 Å². The van der Waals surface area contributed by atoms with Gasteiger partial charge >= 0.3 is 59.1 Å². The van der Waals surface area contributed by atoms with Crippen LogP contribution in [0, 0.1) is 0 Å². The molecule has 0 saturated carbocycles. The Bertz CT molecular complexity index is 6.04. The summed E-state index contributed by atoms with van der Waals surface area (Å²) in [7, 11) is 0. The van der Waals surface area contributed by atoms with Gasteiger partial charge in [0, 0.05) is 0 Å². The third-order valence-corrected chi connectivity index (χ3v) is 0. The van der Waals surface area contributed by atoms with E-state index in [1.54, 1.807) is 0 Å². The third-order valence-electron chi connectivity index (χ3n) is 0. The van der Waals surface area contributed by atoms with Gasteiger partial charge in [0.2, 0.25) is 0 Å². The Morgan fingerprint density at radius 3 is 0.429 bits per heavy atom. The molecule has 0 amide bonds. The molecule has 0 saturated heterocycles. The molecule has 0 atom stereocenters. The van der Waals surface area contributed by atoms with Gasteiger partial charge in [0.1, 0.15) is 0 Å². The van der Waals surface area contributed by atoms with Crippen molar-refractivity contribution in [3.63, 3.8) is 0 Å². The molecule has 0 unspecified atom stereocenters. The fourth-order valence-corrected chi connectivity index (χ4v) is 0. The van der Waals surface area contributed by atoms with Crippen molar-refractivity contribution in [2.75, 3.05) is 0 Å². The SMILES string of the molecule is O.O.O.[Na+].[Na+].[OH-].[OH-]. The Morgan fingerprint density at radius 2 is 0.429 bits per heavy atom. The Balaban J connectivity index is 0. The second kappa shape index (κ2) is 111. The van der Waals surface area contributed by atoms with E-state index in [0.717, 1.165) is 0 Å². The topological polar surface area (TPSA) is 154 Å². The van der Waals surface area contributed by atoms with Crippen molar-refractivity contribution in [2.45, 2.75) is 0 Å². The maximum Gasteiger partial charge on any atom is 1.00 e. The van der Waals surface area contributed by atoms with Crippen LogP contribution in [0.15, 0.2) is 0 Å². The van der Waals surface area contributed by atoms with Gasteiger partial charge in [0.05, 0.1) is 0 Å². The first-order valence-electron chi connectivity index (χ1n) is 0. The molecule has 8 N–H and O–H groups in total. The first-order chi connectivity index (χ1) is 0. The number of rotatable bonds is 0.